The highest BCUT2D eigenvalue weighted by atomic mass is 16.5. The summed E-state index contributed by atoms with van der Waals surface area (Å²) in [5, 5.41) is 3.23. The van der Waals surface area contributed by atoms with E-state index in [4.69, 9.17) is 9.47 Å². The summed E-state index contributed by atoms with van der Waals surface area (Å²) in [4.78, 5) is 30.6. The third kappa shape index (κ3) is 5.84. The number of aromatic amines is 1. The Labute approximate surface area is 190 Å². The summed E-state index contributed by atoms with van der Waals surface area (Å²) in [5.41, 5.74) is 4.11. The quantitative estimate of drug-likeness (QED) is 0.573. The maximum atomic E-state index is 13.3. The molecule has 2 N–H and O–H groups in total. The van der Waals surface area contributed by atoms with Crippen LogP contribution in [0.1, 0.15) is 71.9 Å². The van der Waals surface area contributed by atoms with Gasteiger partial charge in [0.1, 0.15) is 11.4 Å². The number of nitrogens with zero attached hydrogens (tertiary/aromatic N) is 1. The van der Waals surface area contributed by atoms with Crippen LogP contribution in [0.4, 0.5) is 4.79 Å². The number of hydrogen-bond acceptors (Lipinski definition) is 4. The Morgan fingerprint density at radius 1 is 1.09 bits per heavy atom. The van der Waals surface area contributed by atoms with E-state index in [1.807, 2.05) is 43.0 Å². The summed E-state index contributed by atoms with van der Waals surface area (Å²) in [6.07, 6.45) is 5.60. The fourth-order valence-corrected chi connectivity index (χ4v) is 4.29. The number of amides is 2. The summed E-state index contributed by atoms with van der Waals surface area (Å²) >= 11 is 0. The topological polar surface area (TPSA) is 83.7 Å². The highest BCUT2D eigenvalue weighted by Crippen LogP contribution is 2.23. The molecule has 0 saturated heterocycles. The fourth-order valence-electron chi connectivity index (χ4n) is 4.29. The van der Waals surface area contributed by atoms with Crippen molar-refractivity contribution in [2.45, 2.75) is 72.0 Å². The molecule has 7 nitrogen and oxygen atoms in total. The van der Waals surface area contributed by atoms with Crippen molar-refractivity contribution in [2.24, 2.45) is 0 Å². The minimum atomic E-state index is -0.368. The van der Waals surface area contributed by atoms with Crippen molar-refractivity contribution in [3.05, 3.63) is 52.3 Å². The second-order valence-corrected chi connectivity index (χ2v) is 8.44. The van der Waals surface area contributed by atoms with Gasteiger partial charge in [0.05, 0.1) is 13.7 Å². The zero-order valence-electron chi connectivity index (χ0n) is 19.6. The Morgan fingerprint density at radius 3 is 2.41 bits per heavy atom. The van der Waals surface area contributed by atoms with E-state index in [9.17, 15) is 9.59 Å². The second kappa shape index (κ2) is 11.1. The molecule has 0 radical (unpaired) electrons. The molecule has 1 aromatic carbocycles. The van der Waals surface area contributed by atoms with Crippen molar-refractivity contribution in [2.75, 3.05) is 13.7 Å². The number of esters is 1. The summed E-state index contributed by atoms with van der Waals surface area (Å²) in [7, 11) is 1.64. The van der Waals surface area contributed by atoms with Crippen LogP contribution in [0.5, 0.6) is 5.75 Å². The van der Waals surface area contributed by atoms with E-state index < -0.39 is 0 Å². The summed E-state index contributed by atoms with van der Waals surface area (Å²) in [6, 6.07) is 7.89. The molecule has 174 valence electrons. The van der Waals surface area contributed by atoms with Crippen molar-refractivity contribution < 1.29 is 19.1 Å². The lowest BCUT2D eigenvalue weighted by Gasteiger charge is -2.29. The van der Waals surface area contributed by atoms with E-state index >= 15 is 0 Å². The summed E-state index contributed by atoms with van der Waals surface area (Å²) < 4.78 is 10.4. The van der Waals surface area contributed by atoms with Crippen molar-refractivity contribution in [3.8, 4) is 5.75 Å². The Hall–Kier alpha value is -2.96. The monoisotopic (exact) mass is 441 g/mol. The second-order valence-electron chi connectivity index (χ2n) is 8.44. The molecule has 0 atom stereocenters. The number of nitrogens with one attached hydrogen (secondary N) is 2. The first-order valence-corrected chi connectivity index (χ1v) is 11.5. The molecule has 0 bridgehead atoms. The highest BCUT2D eigenvalue weighted by molar-refractivity contribution is 5.90. The average Bonchev–Trinajstić information content (AvgIpc) is 3.08. The molecule has 1 aliphatic rings. The van der Waals surface area contributed by atoms with Crippen LogP contribution >= 0.6 is 0 Å². The number of hydrogen-bond donors (Lipinski definition) is 2. The number of aryl methyl sites for hydroxylation is 1. The number of benzene rings is 1. The van der Waals surface area contributed by atoms with E-state index in [2.05, 4.69) is 10.3 Å². The molecule has 3 rings (SSSR count). The van der Waals surface area contributed by atoms with Crippen LogP contribution in [0.15, 0.2) is 24.3 Å². The van der Waals surface area contributed by atoms with Crippen LogP contribution in [-0.2, 0) is 17.8 Å². The molecule has 0 unspecified atom stereocenters. The predicted octanol–water partition coefficient (Wildman–Crippen LogP) is 4.86. The zero-order valence-corrected chi connectivity index (χ0v) is 19.6. The minimum Gasteiger partial charge on any atom is -0.497 e. The van der Waals surface area contributed by atoms with Gasteiger partial charge in [-0.3, -0.25) is 0 Å². The first-order chi connectivity index (χ1) is 15.4. The van der Waals surface area contributed by atoms with Gasteiger partial charge in [0.25, 0.3) is 0 Å². The van der Waals surface area contributed by atoms with Crippen molar-refractivity contribution >= 4 is 12.0 Å². The van der Waals surface area contributed by atoms with E-state index in [-0.39, 0.29) is 18.0 Å². The lowest BCUT2D eigenvalue weighted by molar-refractivity contribution is 0.0519. The van der Waals surface area contributed by atoms with Gasteiger partial charge in [-0.1, -0.05) is 31.4 Å². The Bertz CT molecular complexity index is 914. The molecule has 1 heterocycles. The first kappa shape index (κ1) is 23.7. The molecule has 1 aromatic heterocycles. The van der Waals surface area contributed by atoms with E-state index in [1.165, 1.54) is 6.42 Å². The molecule has 7 heteroatoms. The third-order valence-electron chi connectivity index (χ3n) is 6.17. The first-order valence-electron chi connectivity index (χ1n) is 11.5. The molecule has 1 saturated carbocycles. The third-order valence-corrected chi connectivity index (χ3v) is 6.17. The highest BCUT2D eigenvalue weighted by Gasteiger charge is 2.24. The lowest BCUT2D eigenvalue weighted by atomic mass is 9.96. The number of ether oxygens (including phenoxy) is 2. The van der Waals surface area contributed by atoms with Gasteiger partial charge in [0, 0.05) is 24.8 Å². The van der Waals surface area contributed by atoms with Gasteiger partial charge in [-0.25, -0.2) is 9.59 Å². The molecule has 1 fully saturated rings. The summed E-state index contributed by atoms with van der Waals surface area (Å²) in [5.74, 6) is 0.413. The minimum absolute atomic E-state index is 0.0783. The molecule has 32 heavy (non-hydrogen) atoms. The molecule has 1 aliphatic carbocycles. The summed E-state index contributed by atoms with van der Waals surface area (Å²) in [6.45, 7) is 6.79. The predicted molar refractivity (Wildman–Crippen MR) is 124 cm³/mol. The van der Waals surface area contributed by atoms with Crippen LogP contribution in [0.2, 0.25) is 0 Å². The van der Waals surface area contributed by atoms with Gasteiger partial charge in [0.15, 0.2) is 0 Å². The Morgan fingerprint density at radius 2 is 1.78 bits per heavy atom. The Kier molecular flexibility index (Phi) is 8.20. The number of rotatable bonds is 8. The van der Waals surface area contributed by atoms with Crippen molar-refractivity contribution in [1.82, 2.24) is 15.2 Å². The number of methoxy groups -OCH3 is 1. The van der Waals surface area contributed by atoms with Crippen LogP contribution in [0, 0.1) is 13.8 Å². The fraction of sp³-hybridized carbons (Fsp3) is 0.520. The lowest BCUT2D eigenvalue weighted by Crippen LogP contribution is -2.45. The van der Waals surface area contributed by atoms with Crippen LogP contribution in [0.25, 0.3) is 0 Å². The number of H-pyrrole nitrogens is 1. The molecule has 0 spiro atoms. The van der Waals surface area contributed by atoms with Gasteiger partial charge in [-0.05, 0) is 62.4 Å². The zero-order chi connectivity index (χ0) is 23.1. The van der Waals surface area contributed by atoms with Gasteiger partial charge in [-0.15, -0.1) is 0 Å². The van der Waals surface area contributed by atoms with Gasteiger partial charge in [0.2, 0.25) is 0 Å². The number of carbonyl (C=O) groups is 2. The average molecular weight is 442 g/mol. The number of carbonyl (C=O) groups excluding carboxylic acids is 2. The molecule has 0 aliphatic heterocycles. The van der Waals surface area contributed by atoms with Gasteiger partial charge >= 0.3 is 12.0 Å². The van der Waals surface area contributed by atoms with Gasteiger partial charge < -0.3 is 24.7 Å². The van der Waals surface area contributed by atoms with Crippen molar-refractivity contribution in [3.63, 3.8) is 0 Å². The maximum Gasteiger partial charge on any atom is 0.355 e. The molecule has 2 aromatic rings. The number of urea groups is 1. The molecular formula is C25H35N3O4. The van der Waals surface area contributed by atoms with Crippen LogP contribution < -0.4 is 10.1 Å². The smallest absolute Gasteiger partial charge is 0.355 e. The molecule has 2 amide bonds. The SMILES string of the molecule is CCOC(=O)c1[nH]c(C)c(CN(Cc2ccc(OC)cc2)C(=O)NC2CCCCC2)c1C. The van der Waals surface area contributed by atoms with E-state index in [0.717, 1.165) is 53.8 Å². The van der Waals surface area contributed by atoms with E-state index in [1.54, 1.807) is 14.0 Å². The standard InChI is InChI=1S/C25H35N3O4/c1-5-32-24(29)23-17(2)22(18(3)26-23)16-28(15-19-11-13-21(31-4)14-12-19)25(30)27-20-9-7-6-8-10-20/h11-14,20,26H,5-10,15-16H2,1-4H3,(H,27,30). The van der Waals surface area contributed by atoms with E-state index in [0.29, 0.717) is 25.4 Å². The Balaban J connectivity index is 1.82. The largest absolute Gasteiger partial charge is 0.497 e. The van der Waals surface area contributed by atoms with Crippen LogP contribution in [-0.4, -0.2) is 41.6 Å². The molecular weight excluding hydrogens is 406 g/mol. The number of aromatic nitrogens is 1. The normalized spacial score (nSPS) is 14.1. The van der Waals surface area contributed by atoms with Crippen molar-refractivity contribution in [1.29, 1.82) is 0 Å². The van der Waals surface area contributed by atoms with Gasteiger partial charge in [-0.2, -0.15) is 0 Å². The maximum absolute atomic E-state index is 13.3. The van der Waals surface area contributed by atoms with Crippen LogP contribution in [0.3, 0.4) is 0 Å².